The summed E-state index contributed by atoms with van der Waals surface area (Å²) in [5.41, 5.74) is 4.38. The molecule has 1 heterocycles. The van der Waals surface area contributed by atoms with Gasteiger partial charge in [0.1, 0.15) is 11.6 Å². The van der Waals surface area contributed by atoms with E-state index in [1.54, 1.807) is 37.0 Å². The molecule has 0 spiro atoms. The number of carbonyl (C=O) groups is 2. The molecular weight excluding hydrogens is 452 g/mol. The molecule has 0 unspecified atom stereocenters. The number of ether oxygens (including phenoxy) is 1. The van der Waals surface area contributed by atoms with Crippen LogP contribution in [0.5, 0.6) is 5.75 Å². The van der Waals surface area contributed by atoms with Gasteiger partial charge >= 0.3 is 5.97 Å². The van der Waals surface area contributed by atoms with Crippen LogP contribution in [0.3, 0.4) is 0 Å². The van der Waals surface area contributed by atoms with E-state index in [0.717, 1.165) is 27.8 Å². The second kappa shape index (κ2) is 9.92. The second-order valence-electron chi connectivity index (χ2n) is 11.5. The van der Waals surface area contributed by atoms with Gasteiger partial charge in [-0.3, -0.25) is 10.2 Å². The average molecular weight is 491 g/mol. The van der Waals surface area contributed by atoms with Crippen LogP contribution in [0.15, 0.2) is 35.9 Å². The molecule has 3 rings (SSSR count). The molecule has 0 aliphatic carbocycles. The quantitative estimate of drug-likeness (QED) is 0.295. The number of rotatable bonds is 6. The van der Waals surface area contributed by atoms with Crippen molar-refractivity contribution in [2.24, 2.45) is 0 Å². The fourth-order valence-corrected chi connectivity index (χ4v) is 4.39. The third-order valence-electron chi connectivity index (χ3n) is 6.43. The van der Waals surface area contributed by atoms with Gasteiger partial charge in [-0.2, -0.15) is 0 Å². The molecular formula is C30H38N2O4. The summed E-state index contributed by atoms with van der Waals surface area (Å²) in [6.45, 7) is 16.4. The number of aromatic hydroxyl groups is 1. The molecule has 6 nitrogen and oxygen atoms in total. The molecule has 0 radical (unpaired) electrons. The highest BCUT2D eigenvalue weighted by molar-refractivity contribution is 6.06. The highest BCUT2D eigenvalue weighted by atomic mass is 16.5. The fraction of sp³-hybridized carbons (Fsp3) is 0.433. The van der Waals surface area contributed by atoms with E-state index in [4.69, 9.17) is 10.1 Å². The van der Waals surface area contributed by atoms with Crippen molar-refractivity contribution in [3.63, 3.8) is 0 Å². The van der Waals surface area contributed by atoms with E-state index in [0.29, 0.717) is 24.3 Å². The molecule has 0 amide bonds. The van der Waals surface area contributed by atoms with Crippen LogP contribution in [-0.2, 0) is 26.9 Å². The van der Waals surface area contributed by atoms with Crippen LogP contribution in [0.4, 0.5) is 0 Å². The number of benzene rings is 2. The first-order valence-electron chi connectivity index (χ1n) is 12.4. The number of hydrogen-bond donors (Lipinski definition) is 2. The standard InChI is InChI=1S/C30H38N2O4/c1-9-36-28(35)18(2)12-19-10-11-20-16-32(27(31)22(20)13-19)17-25(33)21-14-23(29(3,4)5)26(34)24(15-21)30(6,7)8/h10-15,31,34H,9,16-17H2,1-8H3. The summed E-state index contributed by atoms with van der Waals surface area (Å²) in [6.07, 6.45) is 1.75. The number of phenols is 1. The van der Waals surface area contributed by atoms with Gasteiger partial charge in [0.2, 0.25) is 0 Å². The highest BCUT2D eigenvalue weighted by Gasteiger charge is 2.30. The largest absolute Gasteiger partial charge is 0.507 e. The second-order valence-corrected chi connectivity index (χ2v) is 11.5. The Labute approximate surface area is 214 Å². The number of fused-ring (bicyclic) bond motifs is 1. The van der Waals surface area contributed by atoms with E-state index in [2.05, 4.69) is 0 Å². The maximum absolute atomic E-state index is 13.4. The van der Waals surface area contributed by atoms with Crippen molar-refractivity contribution >= 4 is 23.7 Å². The monoisotopic (exact) mass is 490 g/mol. The van der Waals surface area contributed by atoms with E-state index in [-0.39, 0.29) is 40.7 Å². The van der Waals surface area contributed by atoms with Crippen molar-refractivity contribution < 1.29 is 19.4 Å². The van der Waals surface area contributed by atoms with E-state index in [9.17, 15) is 14.7 Å². The lowest BCUT2D eigenvalue weighted by molar-refractivity contribution is -0.138. The topological polar surface area (TPSA) is 90.7 Å². The minimum absolute atomic E-state index is 0.0679. The summed E-state index contributed by atoms with van der Waals surface area (Å²) in [5.74, 6) is 0.0695. The summed E-state index contributed by atoms with van der Waals surface area (Å²) in [7, 11) is 0. The summed E-state index contributed by atoms with van der Waals surface area (Å²) in [4.78, 5) is 27.2. The third-order valence-corrected chi connectivity index (χ3v) is 6.43. The Morgan fingerprint density at radius 1 is 1.06 bits per heavy atom. The van der Waals surface area contributed by atoms with Gasteiger partial charge in [-0.25, -0.2) is 4.79 Å². The molecule has 0 fully saturated rings. The Morgan fingerprint density at radius 2 is 1.64 bits per heavy atom. The summed E-state index contributed by atoms with van der Waals surface area (Å²) in [6, 6.07) is 9.31. The molecule has 0 bridgehead atoms. The minimum Gasteiger partial charge on any atom is -0.507 e. The SMILES string of the molecule is CCOC(=O)C(C)=Cc1ccc2c(c1)C(=N)N(CC(=O)c1cc(C(C)(C)C)c(O)c(C(C)(C)C)c1)C2. The average Bonchev–Trinajstić information content (AvgIpc) is 3.07. The lowest BCUT2D eigenvalue weighted by Gasteiger charge is -2.28. The number of hydrogen-bond acceptors (Lipinski definition) is 5. The van der Waals surface area contributed by atoms with Crippen molar-refractivity contribution in [1.29, 1.82) is 5.41 Å². The number of ketones is 1. The van der Waals surface area contributed by atoms with Gasteiger partial charge in [-0.1, -0.05) is 53.7 Å². The van der Waals surface area contributed by atoms with Gasteiger partial charge < -0.3 is 14.7 Å². The number of esters is 1. The first-order valence-corrected chi connectivity index (χ1v) is 12.4. The van der Waals surface area contributed by atoms with Crippen molar-refractivity contribution in [1.82, 2.24) is 4.90 Å². The number of carbonyl (C=O) groups excluding carboxylic acids is 2. The zero-order chi connectivity index (χ0) is 27.0. The van der Waals surface area contributed by atoms with Crippen molar-refractivity contribution in [3.05, 3.63) is 69.3 Å². The first-order chi connectivity index (χ1) is 16.6. The van der Waals surface area contributed by atoms with Crippen LogP contribution in [0.2, 0.25) is 0 Å². The maximum atomic E-state index is 13.4. The maximum Gasteiger partial charge on any atom is 0.333 e. The Hall–Kier alpha value is -3.41. The minimum atomic E-state index is -0.363. The van der Waals surface area contributed by atoms with Crippen molar-refractivity contribution in [2.45, 2.75) is 72.8 Å². The summed E-state index contributed by atoms with van der Waals surface area (Å²) >= 11 is 0. The van der Waals surface area contributed by atoms with Crippen LogP contribution in [0.1, 0.15) is 93.6 Å². The van der Waals surface area contributed by atoms with Crippen LogP contribution >= 0.6 is 0 Å². The lowest BCUT2D eigenvalue weighted by atomic mass is 9.78. The van der Waals surface area contributed by atoms with Gasteiger partial charge in [-0.05, 0) is 60.1 Å². The van der Waals surface area contributed by atoms with Crippen LogP contribution < -0.4 is 0 Å². The Morgan fingerprint density at radius 3 is 2.17 bits per heavy atom. The normalized spacial score (nSPS) is 14.2. The zero-order valence-electron chi connectivity index (χ0n) is 22.7. The number of nitrogens with one attached hydrogen (secondary N) is 1. The zero-order valence-corrected chi connectivity index (χ0v) is 22.7. The predicted molar refractivity (Wildman–Crippen MR) is 144 cm³/mol. The molecule has 2 aromatic carbocycles. The van der Waals surface area contributed by atoms with Gasteiger partial charge in [0.25, 0.3) is 0 Å². The van der Waals surface area contributed by atoms with Gasteiger partial charge in [0.15, 0.2) is 5.78 Å². The molecule has 36 heavy (non-hydrogen) atoms. The van der Waals surface area contributed by atoms with Gasteiger partial charge in [0.05, 0.1) is 13.2 Å². The lowest BCUT2D eigenvalue weighted by Crippen LogP contribution is -2.30. The first kappa shape index (κ1) is 27.2. The number of nitrogens with zero attached hydrogens (tertiary/aromatic N) is 1. The van der Waals surface area contributed by atoms with Crippen LogP contribution in [-0.4, -0.2) is 40.7 Å². The smallest absolute Gasteiger partial charge is 0.333 e. The summed E-state index contributed by atoms with van der Waals surface area (Å²) < 4.78 is 5.05. The molecule has 2 N–H and O–H groups in total. The Kier molecular flexibility index (Phi) is 7.49. The molecule has 1 aliphatic heterocycles. The highest BCUT2D eigenvalue weighted by Crippen LogP contribution is 2.40. The van der Waals surface area contributed by atoms with Crippen molar-refractivity contribution in [3.8, 4) is 5.75 Å². The Balaban J connectivity index is 1.87. The van der Waals surface area contributed by atoms with E-state index >= 15 is 0 Å². The van der Waals surface area contributed by atoms with Gasteiger partial charge in [-0.15, -0.1) is 0 Å². The Bertz CT molecular complexity index is 1210. The number of amidine groups is 1. The van der Waals surface area contributed by atoms with Gasteiger partial charge in [0, 0.05) is 34.4 Å². The number of phenolic OH excluding ortho intramolecular Hbond substituents is 1. The molecule has 0 saturated carbocycles. The van der Waals surface area contributed by atoms with E-state index in [1.807, 2.05) is 59.7 Å². The van der Waals surface area contributed by atoms with Crippen LogP contribution in [0.25, 0.3) is 6.08 Å². The summed E-state index contributed by atoms with van der Waals surface area (Å²) in [5, 5.41) is 19.7. The van der Waals surface area contributed by atoms with Crippen LogP contribution in [0, 0.1) is 5.41 Å². The molecule has 0 atom stereocenters. The van der Waals surface area contributed by atoms with E-state index in [1.165, 1.54) is 0 Å². The van der Waals surface area contributed by atoms with Crippen molar-refractivity contribution in [2.75, 3.05) is 13.2 Å². The fourth-order valence-electron chi connectivity index (χ4n) is 4.39. The number of Topliss-reactive ketones (excluding diaryl/α,β-unsaturated/α-hetero) is 1. The van der Waals surface area contributed by atoms with E-state index < -0.39 is 0 Å². The molecule has 0 saturated heterocycles. The predicted octanol–water partition coefficient (Wildman–Crippen LogP) is 5.98. The third kappa shape index (κ3) is 5.69. The molecule has 1 aliphatic rings. The molecule has 0 aromatic heterocycles. The molecule has 2 aromatic rings. The molecule has 6 heteroatoms. The molecule has 192 valence electrons.